The number of nitrogens with one attached hydrogen (secondary N) is 4. The Morgan fingerprint density at radius 3 is 2.56 bits per heavy atom. The molecule has 2 aliphatic carbocycles. The first-order chi connectivity index (χ1) is 16.3. The molecule has 3 atom stereocenters. The number of nitriles is 1. The molecule has 0 spiro atoms. The van der Waals surface area contributed by atoms with Crippen LogP contribution in [0.15, 0.2) is 24.3 Å². The van der Waals surface area contributed by atoms with Crippen molar-refractivity contribution in [2.24, 2.45) is 17.8 Å². The van der Waals surface area contributed by atoms with Crippen LogP contribution in [0.25, 0.3) is 10.9 Å². The Bertz CT molecular complexity index is 1220. The molecular formula is C24H25N5O5. The minimum atomic E-state index is -1.32. The van der Waals surface area contributed by atoms with Crippen LogP contribution in [0.3, 0.4) is 0 Å². The van der Waals surface area contributed by atoms with Crippen LogP contribution in [0.4, 0.5) is 0 Å². The van der Waals surface area contributed by atoms with Crippen molar-refractivity contribution in [1.29, 1.82) is 5.26 Å². The number of aromatic nitrogens is 1. The number of hydrogen-bond acceptors (Lipinski definition) is 6. The molecule has 2 aromatic rings. The predicted octanol–water partition coefficient (Wildman–Crippen LogP) is 1.14. The van der Waals surface area contributed by atoms with Gasteiger partial charge in [0, 0.05) is 10.9 Å². The first-order valence-electron chi connectivity index (χ1n) is 11.4. The first kappa shape index (κ1) is 21.9. The maximum Gasteiger partial charge on any atom is 0.268 e. The van der Waals surface area contributed by atoms with E-state index in [9.17, 15) is 24.4 Å². The number of rotatable bonds is 7. The molecule has 176 valence electrons. The molecule has 3 aliphatic rings. The van der Waals surface area contributed by atoms with Gasteiger partial charge in [0.05, 0.1) is 25.0 Å². The monoisotopic (exact) mass is 463 g/mol. The van der Waals surface area contributed by atoms with Gasteiger partial charge in [-0.1, -0.05) is 18.9 Å². The zero-order valence-corrected chi connectivity index (χ0v) is 18.6. The molecule has 1 saturated heterocycles. The van der Waals surface area contributed by atoms with Crippen LogP contribution < -0.4 is 20.7 Å². The fourth-order valence-corrected chi connectivity index (χ4v) is 5.10. The van der Waals surface area contributed by atoms with Gasteiger partial charge in [-0.15, -0.1) is 0 Å². The summed E-state index contributed by atoms with van der Waals surface area (Å²) in [6, 6.07) is 8.39. The highest BCUT2D eigenvalue weighted by atomic mass is 16.5. The van der Waals surface area contributed by atoms with Gasteiger partial charge in [0.2, 0.25) is 17.7 Å². The van der Waals surface area contributed by atoms with E-state index >= 15 is 0 Å². The van der Waals surface area contributed by atoms with Crippen molar-refractivity contribution in [3.63, 3.8) is 0 Å². The summed E-state index contributed by atoms with van der Waals surface area (Å²) >= 11 is 0. The summed E-state index contributed by atoms with van der Waals surface area (Å²) in [6.07, 6.45) is 2.55. The van der Waals surface area contributed by atoms with Crippen LogP contribution in [-0.4, -0.2) is 47.3 Å². The fraction of sp³-hybridized carbons (Fsp3) is 0.458. The molecule has 0 radical (unpaired) electrons. The number of hydrogen-bond donors (Lipinski definition) is 4. The SMILES string of the molecule is COc1cccc2[nH]c(C(=O)NC(CC3CC3)C(=O)NC3(C#N)CC4C(=O)NC(=O)C4C3)cc12. The number of carbonyl (C=O) groups is 4. The van der Waals surface area contributed by atoms with Gasteiger partial charge in [0.1, 0.15) is 23.0 Å². The zero-order valence-electron chi connectivity index (χ0n) is 18.6. The van der Waals surface area contributed by atoms with Crippen molar-refractivity contribution in [3.05, 3.63) is 30.0 Å². The molecule has 34 heavy (non-hydrogen) atoms. The number of methoxy groups -OCH3 is 1. The first-order valence-corrected chi connectivity index (χ1v) is 11.4. The minimum Gasteiger partial charge on any atom is -0.496 e. The topological polar surface area (TPSA) is 153 Å². The Morgan fingerprint density at radius 1 is 1.24 bits per heavy atom. The molecular weight excluding hydrogens is 438 g/mol. The Morgan fingerprint density at radius 2 is 1.94 bits per heavy atom. The van der Waals surface area contributed by atoms with E-state index in [1.54, 1.807) is 19.2 Å². The quantitative estimate of drug-likeness (QED) is 0.452. The van der Waals surface area contributed by atoms with Crippen LogP contribution in [0.2, 0.25) is 0 Å². The number of aromatic amines is 1. The molecule has 3 unspecified atom stereocenters. The minimum absolute atomic E-state index is 0.0728. The lowest BCUT2D eigenvalue weighted by atomic mass is 9.96. The van der Waals surface area contributed by atoms with Crippen molar-refractivity contribution in [2.45, 2.75) is 43.7 Å². The highest BCUT2D eigenvalue weighted by molar-refractivity contribution is 6.06. The molecule has 1 aromatic heterocycles. The predicted molar refractivity (Wildman–Crippen MR) is 119 cm³/mol. The summed E-state index contributed by atoms with van der Waals surface area (Å²) in [4.78, 5) is 53.4. The molecule has 3 fully saturated rings. The summed E-state index contributed by atoms with van der Waals surface area (Å²) < 4.78 is 5.35. The Kier molecular flexibility index (Phi) is 5.27. The number of ether oxygens (including phenoxy) is 1. The Hall–Kier alpha value is -3.87. The number of carbonyl (C=O) groups excluding carboxylic acids is 4. The van der Waals surface area contributed by atoms with Crippen LogP contribution in [0.1, 0.15) is 42.6 Å². The number of fused-ring (bicyclic) bond motifs is 2. The smallest absolute Gasteiger partial charge is 0.268 e. The molecule has 1 aliphatic heterocycles. The molecule has 10 heteroatoms. The van der Waals surface area contributed by atoms with Crippen molar-refractivity contribution in [2.75, 3.05) is 7.11 Å². The summed E-state index contributed by atoms with van der Waals surface area (Å²) in [6.45, 7) is 0. The number of H-pyrrole nitrogens is 1. The van der Waals surface area contributed by atoms with Gasteiger partial charge in [0.15, 0.2) is 0 Å². The van der Waals surface area contributed by atoms with Crippen molar-refractivity contribution in [1.82, 2.24) is 20.9 Å². The summed E-state index contributed by atoms with van der Waals surface area (Å²) in [7, 11) is 1.55. The van der Waals surface area contributed by atoms with Crippen LogP contribution >= 0.6 is 0 Å². The average Bonchev–Trinajstić information content (AvgIpc) is 3.29. The lowest BCUT2D eigenvalue weighted by Crippen LogP contribution is -2.55. The summed E-state index contributed by atoms with van der Waals surface area (Å²) in [5, 5.41) is 18.5. The van der Waals surface area contributed by atoms with E-state index in [0.29, 0.717) is 23.8 Å². The molecule has 10 nitrogen and oxygen atoms in total. The highest BCUT2D eigenvalue weighted by Gasteiger charge is 2.56. The van der Waals surface area contributed by atoms with Crippen molar-refractivity contribution < 1.29 is 23.9 Å². The van der Waals surface area contributed by atoms with E-state index in [-0.39, 0.29) is 12.8 Å². The molecule has 5 rings (SSSR count). The second-order valence-electron chi connectivity index (χ2n) is 9.47. The maximum absolute atomic E-state index is 13.3. The largest absolute Gasteiger partial charge is 0.496 e. The lowest BCUT2D eigenvalue weighted by Gasteiger charge is -2.27. The molecule has 0 bridgehead atoms. The third-order valence-electron chi connectivity index (χ3n) is 7.10. The normalized spacial score (nSPS) is 26.5. The number of nitrogens with zero attached hydrogens (tertiary/aromatic N) is 1. The maximum atomic E-state index is 13.3. The van der Waals surface area contributed by atoms with Crippen LogP contribution in [0.5, 0.6) is 5.75 Å². The summed E-state index contributed by atoms with van der Waals surface area (Å²) in [5.74, 6) is -2.02. The Balaban J connectivity index is 1.33. The highest BCUT2D eigenvalue weighted by Crippen LogP contribution is 2.42. The van der Waals surface area contributed by atoms with Gasteiger partial charge >= 0.3 is 0 Å². The number of amides is 4. The molecule has 4 N–H and O–H groups in total. The Labute approximate surface area is 195 Å². The number of benzene rings is 1. The standard InChI is InChI=1S/C24H25N5O5/c1-34-19-4-2-3-16-13(19)8-18(26-16)22(32)27-17(7-12-5-6-12)23(33)29-24(11-25)9-14-15(10-24)21(31)28-20(14)30/h2-4,8,12,14-15,17,26H,5-7,9-10H2,1H3,(H,27,32)(H,29,33)(H,28,30,31). The van der Waals surface area contributed by atoms with E-state index < -0.39 is 47.0 Å². The van der Waals surface area contributed by atoms with Crippen LogP contribution in [0, 0.1) is 29.1 Å². The van der Waals surface area contributed by atoms with Gasteiger partial charge in [-0.05, 0) is 43.4 Å². The van der Waals surface area contributed by atoms with E-state index in [1.807, 2.05) is 12.1 Å². The summed E-state index contributed by atoms with van der Waals surface area (Å²) in [5.41, 5.74) is -0.293. The third kappa shape index (κ3) is 3.87. The van der Waals surface area contributed by atoms with E-state index in [0.717, 1.165) is 23.7 Å². The van der Waals surface area contributed by atoms with E-state index in [2.05, 4.69) is 27.0 Å². The average molecular weight is 463 g/mol. The van der Waals surface area contributed by atoms with Gasteiger partial charge in [-0.2, -0.15) is 5.26 Å². The fourth-order valence-electron chi connectivity index (χ4n) is 5.10. The lowest BCUT2D eigenvalue weighted by molar-refractivity contribution is -0.128. The van der Waals surface area contributed by atoms with E-state index in [1.165, 1.54) is 0 Å². The van der Waals surface area contributed by atoms with E-state index in [4.69, 9.17) is 4.74 Å². The van der Waals surface area contributed by atoms with Crippen molar-refractivity contribution >= 4 is 34.5 Å². The molecule has 2 heterocycles. The van der Waals surface area contributed by atoms with Gasteiger partial charge in [0.25, 0.3) is 5.91 Å². The second-order valence-corrected chi connectivity index (χ2v) is 9.47. The second kappa shape index (κ2) is 8.17. The van der Waals surface area contributed by atoms with Gasteiger partial charge in [-0.25, -0.2) is 0 Å². The van der Waals surface area contributed by atoms with Crippen LogP contribution in [-0.2, 0) is 14.4 Å². The van der Waals surface area contributed by atoms with Gasteiger partial charge < -0.3 is 20.4 Å². The third-order valence-corrected chi connectivity index (χ3v) is 7.10. The molecule has 1 aromatic carbocycles. The van der Waals surface area contributed by atoms with Gasteiger partial charge in [-0.3, -0.25) is 24.5 Å². The molecule has 4 amide bonds. The van der Waals surface area contributed by atoms with Crippen molar-refractivity contribution in [3.8, 4) is 11.8 Å². The molecule has 2 saturated carbocycles. The number of imide groups is 1. The zero-order chi connectivity index (χ0) is 24.0.